The van der Waals surface area contributed by atoms with Gasteiger partial charge in [0.2, 0.25) is 0 Å². The summed E-state index contributed by atoms with van der Waals surface area (Å²) in [6, 6.07) is 20.1. The van der Waals surface area contributed by atoms with Crippen molar-refractivity contribution in [1.82, 2.24) is 5.32 Å². The summed E-state index contributed by atoms with van der Waals surface area (Å²) >= 11 is 1.45. The molecule has 1 aliphatic rings. The van der Waals surface area contributed by atoms with Gasteiger partial charge in [-0.1, -0.05) is 48.2 Å². The van der Waals surface area contributed by atoms with Crippen molar-refractivity contribution in [3.63, 3.8) is 0 Å². The lowest BCUT2D eigenvalue weighted by Gasteiger charge is -2.36. The molecule has 9 heteroatoms. The van der Waals surface area contributed by atoms with E-state index >= 15 is 0 Å². The number of nitrogens with zero attached hydrogens (tertiary/aromatic N) is 1. The Kier molecular flexibility index (Phi) is 8.59. The molecule has 0 spiro atoms. The smallest absolute Gasteiger partial charge is 0.319 e. The highest BCUT2D eigenvalue weighted by Crippen LogP contribution is 2.39. The second-order valence-corrected chi connectivity index (χ2v) is 9.17. The van der Waals surface area contributed by atoms with Gasteiger partial charge in [0.25, 0.3) is 5.03 Å². The standard InChI is InChI=1S/C26H29N3O5S/c1-2-27-26(31)28-21-12-10-20(11-13-21)25-33-22(17-35-24-5-3-4-14-29(24)32)15-23(34-25)19-8-6-18(16-30)7-9-19/h3-14,22-23,25,30H,2,15-17H2,1H3,(H2,27,28,31). The number of pyridine rings is 1. The molecule has 0 radical (unpaired) electrons. The Morgan fingerprint density at radius 1 is 1.09 bits per heavy atom. The van der Waals surface area contributed by atoms with Crippen molar-refractivity contribution in [2.24, 2.45) is 0 Å². The Hall–Kier alpha value is -3.11. The molecule has 2 aromatic carbocycles. The largest absolute Gasteiger partial charge is 0.618 e. The Morgan fingerprint density at radius 2 is 1.83 bits per heavy atom. The summed E-state index contributed by atoms with van der Waals surface area (Å²) in [5.41, 5.74) is 3.34. The van der Waals surface area contributed by atoms with Crippen LogP contribution in [0, 0.1) is 5.21 Å². The van der Waals surface area contributed by atoms with Gasteiger partial charge < -0.3 is 30.4 Å². The number of carbonyl (C=O) groups is 1. The van der Waals surface area contributed by atoms with Gasteiger partial charge in [-0.25, -0.2) is 4.79 Å². The molecule has 184 valence electrons. The number of aromatic nitrogens is 1. The number of hydrogen-bond donors (Lipinski definition) is 3. The van der Waals surface area contributed by atoms with Crippen LogP contribution in [0.15, 0.2) is 78.0 Å². The highest BCUT2D eigenvalue weighted by atomic mass is 32.2. The minimum atomic E-state index is -0.606. The predicted molar refractivity (Wildman–Crippen MR) is 134 cm³/mol. The van der Waals surface area contributed by atoms with Gasteiger partial charge in [0.15, 0.2) is 12.5 Å². The number of carbonyl (C=O) groups excluding carboxylic acids is 1. The van der Waals surface area contributed by atoms with Crippen molar-refractivity contribution >= 4 is 23.5 Å². The van der Waals surface area contributed by atoms with Gasteiger partial charge in [-0.3, -0.25) is 0 Å². The van der Waals surface area contributed by atoms with Crippen LogP contribution in [0.3, 0.4) is 0 Å². The third-order valence-corrected chi connectivity index (χ3v) is 6.75. The number of aliphatic hydroxyl groups excluding tert-OH is 1. The fraction of sp³-hybridized carbons (Fsp3) is 0.308. The zero-order valence-corrected chi connectivity index (χ0v) is 20.2. The van der Waals surface area contributed by atoms with E-state index in [1.54, 1.807) is 12.1 Å². The number of ether oxygens (including phenoxy) is 2. The molecule has 1 saturated heterocycles. The first-order valence-electron chi connectivity index (χ1n) is 11.5. The molecule has 1 aliphatic heterocycles. The summed E-state index contributed by atoms with van der Waals surface area (Å²) in [6.07, 6.45) is 1.14. The summed E-state index contributed by atoms with van der Waals surface area (Å²) in [6.45, 7) is 2.39. The molecule has 1 aromatic heterocycles. The van der Waals surface area contributed by atoms with Gasteiger partial charge in [-0.15, -0.1) is 0 Å². The molecule has 1 fully saturated rings. The number of hydrogen-bond acceptors (Lipinski definition) is 6. The first-order valence-corrected chi connectivity index (χ1v) is 12.5. The average Bonchev–Trinajstić information content (AvgIpc) is 2.88. The van der Waals surface area contributed by atoms with E-state index in [1.807, 2.05) is 61.5 Å². The maximum absolute atomic E-state index is 12.0. The lowest BCUT2D eigenvalue weighted by atomic mass is 10.0. The maximum Gasteiger partial charge on any atom is 0.319 e. The molecule has 4 rings (SSSR count). The zero-order valence-electron chi connectivity index (χ0n) is 19.4. The molecule has 8 nitrogen and oxygen atoms in total. The van der Waals surface area contributed by atoms with Gasteiger partial charge in [-0.2, -0.15) is 4.73 Å². The predicted octanol–water partition coefficient (Wildman–Crippen LogP) is 4.29. The number of urea groups is 1. The van der Waals surface area contributed by atoms with Crippen LogP contribution in [0.1, 0.15) is 42.4 Å². The molecular weight excluding hydrogens is 466 g/mol. The fourth-order valence-corrected chi connectivity index (χ4v) is 4.72. The molecule has 0 saturated carbocycles. The average molecular weight is 496 g/mol. The first-order chi connectivity index (χ1) is 17.1. The van der Waals surface area contributed by atoms with E-state index in [0.717, 1.165) is 21.4 Å². The number of nitrogens with one attached hydrogen (secondary N) is 2. The number of anilines is 1. The number of amides is 2. The van der Waals surface area contributed by atoms with Crippen LogP contribution in [0.25, 0.3) is 0 Å². The molecule has 0 aliphatic carbocycles. The monoisotopic (exact) mass is 495 g/mol. The highest BCUT2D eigenvalue weighted by Gasteiger charge is 2.32. The lowest BCUT2D eigenvalue weighted by molar-refractivity contribution is -0.645. The molecule has 0 bridgehead atoms. The van der Waals surface area contributed by atoms with Crippen molar-refractivity contribution in [2.45, 2.75) is 43.5 Å². The minimum absolute atomic E-state index is 0.0141. The van der Waals surface area contributed by atoms with Crippen molar-refractivity contribution in [2.75, 3.05) is 17.6 Å². The van der Waals surface area contributed by atoms with E-state index in [1.165, 1.54) is 18.0 Å². The van der Waals surface area contributed by atoms with E-state index in [0.29, 0.717) is 29.4 Å². The van der Waals surface area contributed by atoms with Gasteiger partial charge in [0.1, 0.15) is 0 Å². The Morgan fingerprint density at radius 3 is 2.51 bits per heavy atom. The van der Waals surface area contributed by atoms with Crippen LogP contribution in [0.5, 0.6) is 0 Å². The van der Waals surface area contributed by atoms with E-state index in [4.69, 9.17) is 9.47 Å². The number of aliphatic hydroxyl groups is 1. The van der Waals surface area contributed by atoms with Crippen LogP contribution in [-0.4, -0.2) is 29.5 Å². The van der Waals surface area contributed by atoms with Crippen LogP contribution in [0.4, 0.5) is 10.5 Å². The highest BCUT2D eigenvalue weighted by molar-refractivity contribution is 7.99. The fourth-order valence-electron chi connectivity index (χ4n) is 3.78. The van der Waals surface area contributed by atoms with Crippen molar-refractivity contribution in [3.8, 4) is 0 Å². The van der Waals surface area contributed by atoms with E-state index in [2.05, 4.69) is 10.6 Å². The van der Waals surface area contributed by atoms with Crippen LogP contribution in [-0.2, 0) is 16.1 Å². The van der Waals surface area contributed by atoms with Gasteiger partial charge >= 0.3 is 6.03 Å². The van der Waals surface area contributed by atoms with E-state index in [9.17, 15) is 15.1 Å². The van der Waals surface area contributed by atoms with Gasteiger partial charge in [-0.05, 0) is 36.2 Å². The maximum atomic E-state index is 12.0. The molecule has 3 unspecified atom stereocenters. The molecule has 3 N–H and O–H groups in total. The van der Waals surface area contributed by atoms with Crippen LogP contribution >= 0.6 is 11.8 Å². The normalized spacial score (nSPS) is 19.8. The molecule has 35 heavy (non-hydrogen) atoms. The molecular formula is C26H29N3O5S. The minimum Gasteiger partial charge on any atom is -0.618 e. The SMILES string of the molecule is CCNC(=O)Nc1ccc(C2OC(CSc3cccc[n+]3[O-])CC(c3ccc(CO)cc3)O2)cc1. The quantitative estimate of drug-likeness (QED) is 0.245. The van der Waals surface area contributed by atoms with Crippen LogP contribution < -0.4 is 15.4 Å². The van der Waals surface area contributed by atoms with Crippen molar-refractivity contribution < 1.29 is 24.1 Å². The third-order valence-electron chi connectivity index (χ3n) is 5.60. The summed E-state index contributed by atoms with van der Waals surface area (Å²) in [5, 5.41) is 27.5. The summed E-state index contributed by atoms with van der Waals surface area (Å²) < 4.78 is 13.5. The summed E-state index contributed by atoms with van der Waals surface area (Å²) in [4.78, 5) is 11.8. The molecule has 3 aromatic rings. The topological polar surface area (TPSA) is 107 Å². The van der Waals surface area contributed by atoms with Gasteiger partial charge in [0.05, 0.1) is 18.8 Å². The van der Waals surface area contributed by atoms with Crippen molar-refractivity contribution in [1.29, 1.82) is 0 Å². The molecule has 3 atom stereocenters. The lowest BCUT2D eigenvalue weighted by Crippen LogP contribution is -2.32. The number of rotatable bonds is 8. The van der Waals surface area contributed by atoms with E-state index in [-0.39, 0.29) is 24.8 Å². The second kappa shape index (κ2) is 12.0. The summed E-state index contributed by atoms with van der Waals surface area (Å²) in [5.74, 6) is 0.591. The first kappa shape index (κ1) is 25.0. The Balaban J connectivity index is 1.50. The van der Waals surface area contributed by atoms with Crippen LogP contribution in [0.2, 0.25) is 0 Å². The second-order valence-electron chi connectivity index (χ2n) is 8.13. The van der Waals surface area contributed by atoms with Crippen molar-refractivity contribution in [3.05, 3.63) is 94.8 Å². The molecule has 2 amide bonds. The van der Waals surface area contributed by atoms with Gasteiger partial charge in [0, 0.05) is 42.1 Å². The number of benzene rings is 2. The summed E-state index contributed by atoms with van der Waals surface area (Å²) in [7, 11) is 0. The Labute approximate surface area is 208 Å². The zero-order chi connectivity index (χ0) is 24.6. The molecule has 2 heterocycles. The third kappa shape index (κ3) is 6.73. The van der Waals surface area contributed by atoms with E-state index < -0.39 is 6.29 Å². The number of thioether (sulfide) groups is 1. The Bertz CT molecular complexity index is 1110.